The minimum absolute atomic E-state index is 0.0913. The molecule has 0 saturated carbocycles. The number of ether oxygens (including phenoxy) is 1. The summed E-state index contributed by atoms with van der Waals surface area (Å²) in [7, 11) is -2.25. The van der Waals surface area contributed by atoms with Gasteiger partial charge in [0.1, 0.15) is 18.3 Å². The van der Waals surface area contributed by atoms with Gasteiger partial charge in [-0.25, -0.2) is 8.42 Å². The molecule has 0 saturated heterocycles. The number of aryl methyl sites for hydroxylation is 1. The molecule has 8 nitrogen and oxygen atoms in total. The smallest absolute Gasteiger partial charge is 0.244 e. The molecule has 1 atom stereocenters. The van der Waals surface area contributed by atoms with Gasteiger partial charge < -0.3 is 15.0 Å². The number of hydrogen-bond acceptors (Lipinski definition) is 5. The number of sulfonamides is 1. The van der Waals surface area contributed by atoms with E-state index in [4.69, 9.17) is 4.74 Å². The average Bonchev–Trinajstić information content (AvgIpc) is 2.92. The summed E-state index contributed by atoms with van der Waals surface area (Å²) >= 11 is 0. The van der Waals surface area contributed by atoms with Crippen LogP contribution < -0.4 is 14.4 Å². The first-order valence-corrected chi connectivity index (χ1v) is 15.1. The first-order valence-electron chi connectivity index (χ1n) is 13.3. The first kappa shape index (κ1) is 30.7. The van der Waals surface area contributed by atoms with Crippen LogP contribution in [0, 0.1) is 12.8 Å². The monoisotopic (exact) mass is 565 g/mol. The van der Waals surface area contributed by atoms with E-state index >= 15 is 0 Å². The van der Waals surface area contributed by atoms with E-state index in [1.807, 2.05) is 68.4 Å². The Hall–Kier alpha value is -3.85. The maximum absolute atomic E-state index is 14.1. The summed E-state index contributed by atoms with van der Waals surface area (Å²) in [5.74, 6) is 0.0461. The molecular weight excluding hydrogens is 526 g/mol. The van der Waals surface area contributed by atoms with Crippen molar-refractivity contribution < 1.29 is 22.7 Å². The molecule has 0 heterocycles. The van der Waals surface area contributed by atoms with Crippen LogP contribution in [0.25, 0.3) is 0 Å². The highest BCUT2D eigenvalue weighted by atomic mass is 32.2. The number of hydrogen-bond donors (Lipinski definition) is 1. The number of amides is 2. The Bertz CT molecular complexity index is 1390. The van der Waals surface area contributed by atoms with Crippen molar-refractivity contribution >= 4 is 27.5 Å². The highest BCUT2D eigenvalue weighted by Crippen LogP contribution is 2.24. The third-order valence-corrected chi connectivity index (χ3v) is 7.63. The SMILES string of the molecule is COc1cccc(CN(C(=O)CN(c2ccccc2C)S(C)(=O)=O)C(Cc2ccccc2)C(=O)NCC(C)C)c1. The molecule has 0 aliphatic rings. The lowest BCUT2D eigenvalue weighted by Gasteiger charge is -2.34. The number of nitrogens with one attached hydrogen (secondary N) is 1. The maximum Gasteiger partial charge on any atom is 0.244 e. The lowest BCUT2D eigenvalue weighted by molar-refractivity contribution is -0.140. The van der Waals surface area contributed by atoms with Crippen LogP contribution in [0.2, 0.25) is 0 Å². The van der Waals surface area contributed by atoms with Gasteiger partial charge in [-0.05, 0) is 47.7 Å². The van der Waals surface area contributed by atoms with Crippen molar-refractivity contribution in [1.82, 2.24) is 10.2 Å². The van der Waals surface area contributed by atoms with E-state index in [2.05, 4.69) is 5.32 Å². The van der Waals surface area contributed by atoms with E-state index in [1.54, 1.807) is 38.3 Å². The maximum atomic E-state index is 14.1. The van der Waals surface area contributed by atoms with E-state index in [0.717, 1.165) is 27.3 Å². The molecule has 9 heteroatoms. The van der Waals surface area contributed by atoms with Crippen LogP contribution in [0.5, 0.6) is 5.75 Å². The summed E-state index contributed by atoms with van der Waals surface area (Å²) in [4.78, 5) is 29.3. The van der Waals surface area contributed by atoms with Crippen LogP contribution in [0.3, 0.4) is 0 Å². The van der Waals surface area contributed by atoms with Crippen molar-refractivity contribution in [1.29, 1.82) is 0 Å². The Labute approximate surface area is 238 Å². The van der Waals surface area contributed by atoms with Gasteiger partial charge in [-0.15, -0.1) is 0 Å². The molecular formula is C31H39N3O5S. The minimum atomic E-state index is -3.81. The Kier molecular flexibility index (Phi) is 10.7. The third kappa shape index (κ3) is 8.58. The number of rotatable bonds is 13. The molecule has 2 amide bonds. The standard InChI is InChI=1S/C31H39N3O5S/c1-23(2)20-32-31(36)29(19-25-13-7-6-8-14-25)33(21-26-15-11-16-27(18-26)39-4)30(35)22-34(40(5,37)38)28-17-10-9-12-24(28)3/h6-18,23,29H,19-22H2,1-5H3,(H,32,36). The van der Waals surface area contributed by atoms with Gasteiger partial charge in [0.05, 0.1) is 19.1 Å². The van der Waals surface area contributed by atoms with Gasteiger partial charge in [0, 0.05) is 19.5 Å². The van der Waals surface area contributed by atoms with Gasteiger partial charge in [0.15, 0.2) is 0 Å². The zero-order valence-electron chi connectivity index (χ0n) is 23.8. The number of carbonyl (C=O) groups excluding carboxylic acids is 2. The molecule has 3 aromatic rings. The second kappa shape index (κ2) is 14.0. The van der Waals surface area contributed by atoms with Crippen LogP contribution in [0.15, 0.2) is 78.9 Å². The second-order valence-electron chi connectivity index (χ2n) is 10.3. The van der Waals surface area contributed by atoms with Gasteiger partial charge in [0.25, 0.3) is 0 Å². The molecule has 0 aliphatic heterocycles. The second-order valence-corrected chi connectivity index (χ2v) is 12.2. The largest absolute Gasteiger partial charge is 0.497 e. The summed E-state index contributed by atoms with van der Waals surface area (Å²) in [6, 6.07) is 22.9. The normalized spacial score (nSPS) is 12.1. The molecule has 0 aromatic heterocycles. The molecule has 1 unspecified atom stereocenters. The Morgan fingerprint density at radius 1 is 0.925 bits per heavy atom. The number of methoxy groups -OCH3 is 1. The Morgan fingerprint density at radius 3 is 2.20 bits per heavy atom. The predicted octanol–water partition coefficient (Wildman–Crippen LogP) is 4.18. The van der Waals surface area contributed by atoms with Crippen LogP contribution in [-0.4, -0.2) is 57.6 Å². The lowest BCUT2D eigenvalue weighted by Crippen LogP contribution is -2.53. The molecule has 3 aromatic carbocycles. The molecule has 214 valence electrons. The lowest BCUT2D eigenvalue weighted by atomic mass is 10.0. The van der Waals surface area contributed by atoms with Crippen molar-refractivity contribution in [3.05, 3.63) is 95.6 Å². The van der Waals surface area contributed by atoms with Gasteiger partial charge >= 0.3 is 0 Å². The van der Waals surface area contributed by atoms with Crippen molar-refractivity contribution in [2.75, 3.05) is 30.8 Å². The van der Waals surface area contributed by atoms with Crippen molar-refractivity contribution in [3.8, 4) is 5.75 Å². The van der Waals surface area contributed by atoms with E-state index in [0.29, 0.717) is 18.0 Å². The molecule has 1 N–H and O–H groups in total. The topological polar surface area (TPSA) is 96.0 Å². The summed E-state index contributed by atoms with van der Waals surface area (Å²) in [5.41, 5.74) is 2.78. The highest BCUT2D eigenvalue weighted by Gasteiger charge is 2.33. The highest BCUT2D eigenvalue weighted by molar-refractivity contribution is 7.92. The number of benzene rings is 3. The Balaban J connectivity index is 2.07. The van der Waals surface area contributed by atoms with E-state index in [-0.39, 0.29) is 24.8 Å². The molecule has 40 heavy (non-hydrogen) atoms. The van der Waals surface area contributed by atoms with E-state index < -0.39 is 28.5 Å². The van der Waals surface area contributed by atoms with Crippen LogP contribution in [0.1, 0.15) is 30.5 Å². The number of para-hydroxylation sites is 1. The number of anilines is 1. The van der Waals surface area contributed by atoms with Crippen molar-refractivity contribution in [2.24, 2.45) is 5.92 Å². The van der Waals surface area contributed by atoms with Crippen molar-refractivity contribution in [3.63, 3.8) is 0 Å². The zero-order chi connectivity index (χ0) is 29.3. The molecule has 3 rings (SSSR count). The van der Waals surface area contributed by atoms with Gasteiger partial charge in [-0.1, -0.05) is 74.5 Å². The fourth-order valence-corrected chi connectivity index (χ4v) is 5.29. The van der Waals surface area contributed by atoms with Crippen molar-refractivity contribution in [2.45, 2.75) is 39.8 Å². The molecule has 0 spiro atoms. The van der Waals surface area contributed by atoms with Gasteiger partial charge in [-0.2, -0.15) is 0 Å². The number of nitrogens with zero attached hydrogens (tertiary/aromatic N) is 2. The average molecular weight is 566 g/mol. The summed E-state index contributed by atoms with van der Waals surface area (Å²) in [6.07, 6.45) is 1.35. The van der Waals surface area contributed by atoms with Crippen LogP contribution >= 0.6 is 0 Å². The summed E-state index contributed by atoms with van der Waals surface area (Å²) < 4.78 is 32.3. The summed E-state index contributed by atoms with van der Waals surface area (Å²) in [6.45, 7) is 5.88. The van der Waals surface area contributed by atoms with Crippen LogP contribution in [0.4, 0.5) is 5.69 Å². The fraction of sp³-hybridized carbons (Fsp3) is 0.355. The third-order valence-electron chi connectivity index (χ3n) is 6.51. The first-order chi connectivity index (χ1) is 19.0. The van der Waals surface area contributed by atoms with E-state index in [9.17, 15) is 18.0 Å². The molecule has 0 bridgehead atoms. The van der Waals surface area contributed by atoms with E-state index in [1.165, 1.54) is 4.90 Å². The molecule has 0 radical (unpaired) electrons. The minimum Gasteiger partial charge on any atom is -0.497 e. The zero-order valence-corrected chi connectivity index (χ0v) is 24.6. The number of carbonyl (C=O) groups is 2. The van der Waals surface area contributed by atoms with Crippen LogP contribution in [-0.2, 0) is 32.6 Å². The van der Waals surface area contributed by atoms with Gasteiger partial charge in [-0.3, -0.25) is 13.9 Å². The predicted molar refractivity (Wildman–Crippen MR) is 159 cm³/mol. The summed E-state index contributed by atoms with van der Waals surface area (Å²) in [5, 5.41) is 2.98. The fourth-order valence-electron chi connectivity index (χ4n) is 4.38. The quantitative estimate of drug-likeness (QED) is 0.336. The Morgan fingerprint density at radius 2 is 1.57 bits per heavy atom. The molecule has 0 fully saturated rings. The van der Waals surface area contributed by atoms with Gasteiger partial charge in [0.2, 0.25) is 21.8 Å². The molecule has 0 aliphatic carbocycles.